The molecule has 0 aliphatic carbocycles. The molecule has 0 N–H and O–H groups in total. The Bertz CT molecular complexity index is 453. The maximum Gasteiger partial charge on any atom is 0.141 e. The van der Waals surface area contributed by atoms with Crippen LogP contribution < -0.4 is 4.74 Å². The summed E-state index contributed by atoms with van der Waals surface area (Å²) in [5.41, 5.74) is 0. The van der Waals surface area contributed by atoms with Crippen LogP contribution in [0.4, 0.5) is 0 Å². The Kier molecular flexibility index (Phi) is 3.29. The van der Waals surface area contributed by atoms with E-state index in [0.717, 1.165) is 16.0 Å². The van der Waals surface area contributed by atoms with Gasteiger partial charge in [0.1, 0.15) is 11.5 Å². The zero-order valence-electron chi connectivity index (χ0n) is 7.78. The highest BCUT2D eigenvalue weighted by Gasteiger charge is 2.00. The summed E-state index contributed by atoms with van der Waals surface area (Å²) in [5.74, 6) is 1.56. The summed E-state index contributed by atoms with van der Waals surface area (Å²) in [6, 6.07) is 15.0. The second-order valence-electron chi connectivity index (χ2n) is 2.99. The standard InChI is InChI=1S/C12H8BrClO/c13-11-3-1-2-4-12(11)15-10-7-5-9(14)6-8-10/h1-8H. The molecule has 0 heterocycles. The number of rotatable bonds is 2. The highest BCUT2D eigenvalue weighted by Crippen LogP contribution is 2.29. The number of ether oxygens (including phenoxy) is 1. The van der Waals surface area contributed by atoms with Crippen molar-refractivity contribution in [3.63, 3.8) is 0 Å². The summed E-state index contributed by atoms with van der Waals surface area (Å²) in [5, 5.41) is 0.703. The summed E-state index contributed by atoms with van der Waals surface area (Å²) in [6.45, 7) is 0. The van der Waals surface area contributed by atoms with E-state index in [9.17, 15) is 0 Å². The van der Waals surface area contributed by atoms with E-state index in [1.54, 1.807) is 12.1 Å². The maximum absolute atomic E-state index is 5.78. The molecule has 0 aliphatic rings. The van der Waals surface area contributed by atoms with Crippen molar-refractivity contribution < 1.29 is 4.74 Å². The molecular formula is C12H8BrClO. The summed E-state index contributed by atoms with van der Waals surface area (Å²) in [7, 11) is 0. The fourth-order valence-corrected chi connectivity index (χ4v) is 1.65. The molecule has 0 amide bonds. The Labute approximate surface area is 102 Å². The van der Waals surface area contributed by atoms with Gasteiger partial charge < -0.3 is 4.74 Å². The van der Waals surface area contributed by atoms with Gasteiger partial charge in [-0.3, -0.25) is 0 Å². The molecule has 2 rings (SSSR count). The smallest absolute Gasteiger partial charge is 0.141 e. The quantitative estimate of drug-likeness (QED) is 0.762. The highest BCUT2D eigenvalue weighted by molar-refractivity contribution is 9.10. The second kappa shape index (κ2) is 4.69. The predicted molar refractivity (Wildman–Crippen MR) is 65.7 cm³/mol. The fourth-order valence-electron chi connectivity index (χ4n) is 1.16. The van der Waals surface area contributed by atoms with Gasteiger partial charge in [0.05, 0.1) is 4.47 Å². The Morgan fingerprint density at radius 1 is 0.933 bits per heavy atom. The summed E-state index contributed by atoms with van der Waals surface area (Å²) < 4.78 is 6.59. The number of benzene rings is 2. The van der Waals surface area contributed by atoms with Crippen molar-refractivity contribution in [1.82, 2.24) is 0 Å². The van der Waals surface area contributed by atoms with Crippen molar-refractivity contribution >= 4 is 27.5 Å². The first kappa shape index (κ1) is 10.5. The molecule has 0 fully saturated rings. The van der Waals surface area contributed by atoms with Crippen LogP contribution in [-0.2, 0) is 0 Å². The summed E-state index contributed by atoms with van der Waals surface area (Å²) >= 11 is 9.20. The molecule has 0 saturated carbocycles. The van der Waals surface area contributed by atoms with Crippen LogP contribution in [0.15, 0.2) is 53.0 Å². The minimum atomic E-state index is 0.703. The average Bonchev–Trinajstić information content (AvgIpc) is 2.25. The van der Waals surface area contributed by atoms with Crippen molar-refractivity contribution in [3.8, 4) is 11.5 Å². The lowest BCUT2D eigenvalue weighted by atomic mass is 10.3. The van der Waals surface area contributed by atoms with Gasteiger partial charge in [-0.1, -0.05) is 23.7 Å². The van der Waals surface area contributed by atoms with Gasteiger partial charge in [-0.05, 0) is 52.3 Å². The number of para-hydroxylation sites is 1. The SMILES string of the molecule is Clc1ccc(Oc2ccccc2Br)cc1. The fraction of sp³-hybridized carbons (Fsp3) is 0. The summed E-state index contributed by atoms with van der Waals surface area (Å²) in [6.07, 6.45) is 0. The van der Waals surface area contributed by atoms with Crippen LogP contribution in [0.2, 0.25) is 5.02 Å². The second-order valence-corrected chi connectivity index (χ2v) is 4.28. The van der Waals surface area contributed by atoms with E-state index in [1.165, 1.54) is 0 Å². The molecule has 2 aromatic rings. The van der Waals surface area contributed by atoms with E-state index < -0.39 is 0 Å². The van der Waals surface area contributed by atoms with Crippen LogP contribution in [0.3, 0.4) is 0 Å². The largest absolute Gasteiger partial charge is 0.456 e. The van der Waals surface area contributed by atoms with Crippen LogP contribution >= 0.6 is 27.5 Å². The third-order valence-electron chi connectivity index (χ3n) is 1.88. The average molecular weight is 284 g/mol. The molecule has 76 valence electrons. The Balaban J connectivity index is 2.22. The van der Waals surface area contributed by atoms with Gasteiger partial charge in [0.15, 0.2) is 0 Å². The van der Waals surface area contributed by atoms with Crippen LogP contribution in [0.1, 0.15) is 0 Å². The molecule has 0 saturated heterocycles. The Morgan fingerprint density at radius 3 is 2.27 bits per heavy atom. The first-order valence-electron chi connectivity index (χ1n) is 4.43. The third kappa shape index (κ3) is 2.74. The van der Waals surface area contributed by atoms with E-state index in [-0.39, 0.29) is 0 Å². The minimum absolute atomic E-state index is 0.703. The summed E-state index contributed by atoms with van der Waals surface area (Å²) in [4.78, 5) is 0. The van der Waals surface area contributed by atoms with Crippen molar-refractivity contribution in [2.45, 2.75) is 0 Å². The van der Waals surface area contributed by atoms with Gasteiger partial charge in [0, 0.05) is 5.02 Å². The Morgan fingerprint density at radius 2 is 1.60 bits per heavy atom. The highest BCUT2D eigenvalue weighted by atomic mass is 79.9. The molecule has 0 aliphatic heterocycles. The van der Waals surface area contributed by atoms with E-state index >= 15 is 0 Å². The van der Waals surface area contributed by atoms with Gasteiger partial charge in [0.25, 0.3) is 0 Å². The lowest BCUT2D eigenvalue weighted by molar-refractivity contribution is 0.479. The van der Waals surface area contributed by atoms with Gasteiger partial charge in [-0.2, -0.15) is 0 Å². The molecule has 2 aromatic carbocycles. The van der Waals surface area contributed by atoms with E-state index in [4.69, 9.17) is 16.3 Å². The normalized spacial score (nSPS) is 10.0. The lowest BCUT2D eigenvalue weighted by Gasteiger charge is -2.06. The van der Waals surface area contributed by atoms with Crippen LogP contribution in [0, 0.1) is 0 Å². The molecule has 15 heavy (non-hydrogen) atoms. The monoisotopic (exact) mass is 282 g/mol. The van der Waals surface area contributed by atoms with Crippen LogP contribution in [0.25, 0.3) is 0 Å². The van der Waals surface area contributed by atoms with Gasteiger partial charge in [0.2, 0.25) is 0 Å². The number of hydrogen-bond acceptors (Lipinski definition) is 1. The molecule has 0 aromatic heterocycles. The molecule has 1 nitrogen and oxygen atoms in total. The molecule has 0 atom stereocenters. The Hall–Kier alpha value is -0.990. The first-order chi connectivity index (χ1) is 7.25. The third-order valence-corrected chi connectivity index (χ3v) is 2.79. The van der Waals surface area contributed by atoms with Gasteiger partial charge in [-0.25, -0.2) is 0 Å². The molecule has 3 heteroatoms. The number of hydrogen-bond donors (Lipinski definition) is 0. The zero-order valence-corrected chi connectivity index (χ0v) is 10.1. The molecule has 0 radical (unpaired) electrons. The van der Waals surface area contributed by atoms with Crippen molar-refractivity contribution in [2.75, 3.05) is 0 Å². The molecule has 0 bridgehead atoms. The molecule has 0 spiro atoms. The van der Waals surface area contributed by atoms with Crippen molar-refractivity contribution in [1.29, 1.82) is 0 Å². The topological polar surface area (TPSA) is 9.23 Å². The number of halogens is 2. The molecular weight excluding hydrogens is 275 g/mol. The predicted octanol–water partition coefficient (Wildman–Crippen LogP) is 4.89. The van der Waals surface area contributed by atoms with Crippen LogP contribution in [0.5, 0.6) is 11.5 Å². The van der Waals surface area contributed by atoms with Gasteiger partial charge in [-0.15, -0.1) is 0 Å². The van der Waals surface area contributed by atoms with E-state index in [1.807, 2.05) is 36.4 Å². The first-order valence-corrected chi connectivity index (χ1v) is 5.61. The van der Waals surface area contributed by atoms with Crippen molar-refractivity contribution in [2.24, 2.45) is 0 Å². The van der Waals surface area contributed by atoms with Crippen LogP contribution in [-0.4, -0.2) is 0 Å². The maximum atomic E-state index is 5.78. The van der Waals surface area contributed by atoms with Crippen molar-refractivity contribution in [3.05, 3.63) is 58.0 Å². The van der Waals surface area contributed by atoms with E-state index in [2.05, 4.69) is 15.9 Å². The molecule has 0 unspecified atom stereocenters. The minimum Gasteiger partial charge on any atom is -0.456 e. The zero-order chi connectivity index (χ0) is 10.7. The lowest BCUT2D eigenvalue weighted by Crippen LogP contribution is -1.84. The van der Waals surface area contributed by atoms with E-state index in [0.29, 0.717) is 5.02 Å². The van der Waals surface area contributed by atoms with Gasteiger partial charge >= 0.3 is 0 Å².